The van der Waals surface area contributed by atoms with Crippen molar-refractivity contribution < 1.29 is 37.9 Å². The minimum atomic E-state index is -1.22. The molecule has 1 unspecified atom stereocenters. The van der Waals surface area contributed by atoms with E-state index in [1.165, 1.54) is 38.0 Å². The number of ether oxygens (including phenoxy) is 4. The molecule has 11 nitrogen and oxygen atoms in total. The van der Waals surface area contributed by atoms with E-state index in [1.807, 2.05) is 30.3 Å². The predicted molar refractivity (Wildman–Crippen MR) is 193 cm³/mol. The maximum absolute atomic E-state index is 13.9. The molecule has 3 aliphatic rings. The Bertz CT molecular complexity index is 1860. The van der Waals surface area contributed by atoms with Gasteiger partial charge in [-0.3, -0.25) is 5.32 Å². The smallest absolute Gasteiger partial charge is 0.348 e. The summed E-state index contributed by atoms with van der Waals surface area (Å²) in [4.78, 5) is 28.7. The fraction of sp³-hybridized carbons (Fsp3) is 0.378. The van der Waals surface area contributed by atoms with E-state index in [-0.39, 0.29) is 40.1 Å². The van der Waals surface area contributed by atoms with Crippen LogP contribution in [-0.2, 0) is 32.8 Å². The molecule has 0 saturated carbocycles. The van der Waals surface area contributed by atoms with Gasteiger partial charge < -0.3 is 34.0 Å². The fourth-order valence-electron chi connectivity index (χ4n) is 6.77. The van der Waals surface area contributed by atoms with Crippen LogP contribution in [0.4, 0.5) is 0 Å². The molecule has 5 heterocycles. The lowest BCUT2D eigenvalue weighted by molar-refractivity contribution is -0.900. The number of rotatable bonds is 13. The van der Waals surface area contributed by atoms with Gasteiger partial charge in [0.2, 0.25) is 0 Å². The van der Waals surface area contributed by atoms with E-state index < -0.39 is 29.7 Å². The Hall–Kier alpha value is -3.91. The lowest BCUT2D eigenvalue weighted by Gasteiger charge is -2.55. The average molecular weight is 757 g/mol. The second-order valence-electron chi connectivity index (χ2n) is 13.1. The number of aromatic nitrogens is 1. The molecule has 3 atom stereocenters. The van der Waals surface area contributed by atoms with Gasteiger partial charge in [-0.1, -0.05) is 59.6 Å². The van der Waals surface area contributed by atoms with E-state index in [0.29, 0.717) is 45.3 Å². The first-order chi connectivity index (χ1) is 24.4. The maximum Gasteiger partial charge on any atom is 0.348 e. The van der Waals surface area contributed by atoms with Gasteiger partial charge in [-0.05, 0) is 42.3 Å². The molecular weight excluding hydrogens is 717 g/mol. The van der Waals surface area contributed by atoms with Gasteiger partial charge in [-0.2, -0.15) is 4.73 Å². The van der Waals surface area contributed by atoms with Crippen molar-refractivity contribution in [2.45, 2.75) is 50.5 Å². The summed E-state index contributed by atoms with van der Waals surface area (Å²) in [5, 5.41) is 28.5. The van der Waals surface area contributed by atoms with Crippen molar-refractivity contribution >= 4 is 46.5 Å². The summed E-state index contributed by atoms with van der Waals surface area (Å²) in [6, 6.07) is 17.9. The summed E-state index contributed by atoms with van der Waals surface area (Å²) in [5.41, 5.74) is 0.528. The zero-order chi connectivity index (χ0) is 36.3. The third-order valence-electron chi connectivity index (χ3n) is 9.83. The molecule has 51 heavy (non-hydrogen) atoms. The van der Waals surface area contributed by atoms with Crippen LogP contribution in [0.2, 0.25) is 10.0 Å². The average Bonchev–Trinajstić information content (AvgIpc) is 3.61. The number of fused-ring (bicyclic) bond motifs is 3. The van der Waals surface area contributed by atoms with Gasteiger partial charge in [0.1, 0.15) is 33.1 Å². The molecule has 0 aliphatic carbocycles. The van der Waals surface area contributed by atoms with Gasteiger partial charge >= 0.3 is 11.9 Å². The molecule has 0 radical (unpaired) electrons. The van der Waals surface area contributed by atoms with Crippen LogP contribution in [-0.4, -0.2) is 56.5 Å². The van der Waals surface area contributed by atoms with Crippen molar-refractivity contribution in [1.82, 2.24) is 5.32 Å². The van der Waals surface area contributed by atoms with E-state index in [1.54, 1.807) is 37.3 Å². The molecule has 2 bridgehead atoms. The molecule has 270 valence electrons. The van der Waals surface area contributed by atoms with Crippen LogP contribution in [0.25, 0.3) is 0 Å². The lowest BCUT2D eigenvalue weighted by atomic mass is 9.84. The number of thiophene rings is 1. The van der Waals surface area contributed by atoms with Crippen molar-refractivity contribution in [3.63, 3.8) is 0 Å². The number of halogens is 2. The SMILES string of the molecule is COc1ccc([C@H](Cc2c(Cl)c[n+]([O-])cc2Cl)OC(=O)c2ccc(CNC(C)(C(=O)O[C@H]3C[N+]4([O-])CCC3CC4)c3ccccc3)s2)cc1OC. The van der Waals surface area contributed by atoms with Crippen molar-refractivity contribution in [3.05, 3.63) is 120 Å². The Balaban J connectivity index is 1.20. The zero-order valence-electron chi connectivity index (χ0n) is 28.4. The van der Waals surface area contributed by atoms with Crippen LogP contribution < -0.4 is 19.5 Å². The van der Waals surface area contributed by atoms with Crippen molar-refractivity contribution in [2.24, 2.45) is 5.92 Å². The van der Waals surface area contributed by atoms with Crippen molar-refractivity contribution in [1.29, 1.82) is 0 Å². The number of nitrogens with one attached hydrogen (secondary N) is 1. The number of piperidine rings is 3. The molecule has 7 rings (SSSR count). The summed E-state index contributed by atoms with van der Waals surface area (Å²) in [6.07, 6.45) is 2.67. The van der Waals surface area contributed by atoms with E-state index in [4.69, 9.17) is 42.1 Å². The van der Waals surface area contributed by atoms with Gasteiger partial charge in [0.25, 0.3) is 0 Å². The van der Waals surface area contributed by atoms with E-state index in [0.717, 1.165) is 23.3 Å². The Morgan fingerprint density at radius 3 is 2.35 bits per heavy atom. The maximum atomic E-state index is 13.9. The predicted octanol–water partition coefficient (Wildman–Crippen LogP) is 6.50. The number of benzene rings is 2. The third-order valence-corrected chi connectivity index (χ3v) is 11.5. The summed E-state index contributed by atoms with van der Waals surface area (Å²) >= 11 is 14.0. The van der Waals surface area contributed by atoms with Crippen LogP contribution in [0.5, 0.6) is 11.5 Å². The van der Waals surface area contributed by atoms with Crippen molar-refractivity contribution in [2.75, 3.05) is 33.9 Å². The summed E-state index contributed by atoms with van der Waals surface area (Å²) < 4.78 is 23.2. The number of methoxy groups -OCH3 is 2. The van der Waals surface area contributed by atoms with Crippen LogP contribution in [0.3, 0.4) is 0 Å². The van der Waals surface area contributed by atoms with Crippen LogP contribution >= 0.6 is 34.5 Å². The summed E-state index contributed by atoms with van der Waals surface area (Å²) in [6.45, 7) is 3.44. The summed E-state index contributed by atoms with van der Waals surface area (Å²) in [7, 11) is 3.03. The quantitative estimate of drug-likeness (QED) is 0.0703. The Kier molecular flexibility index (Phi) is 11.1. The minimum Gasteiger partial charge on any atom is -0.633 e. The standard InChI is InChI=1S/C37H39Cl2N3O8S/c1-37(25-7-5-4-6-8-25,36(44)50-33-22-42(46)15-13-23(33)14-16-42)40-19-26-10-12-34(51-26)35(43)49-31(18-27-28(38)20-41(45)21-29(27)39)24-9-11-30(47-2)32(17-24)48-3/h4-12,17,20-21,23,31,33,40H,13-16,18-19,22H2,1-3H3/t23?,31-,33-,37?,42?/m0/s1. The van der Waals surface area contributed by atoms with Gasteiger partial charge in [0.05, 0.1) is 27.3 Å². The van der Waals surface area contributed by atoms with E-state index in [9.17, 15) is 20.0 Å². The number of quaternary nitrogens is 1. The molecule has 3 fully saturated rings. The first-order valence-corrected chi connectivity index (χ1v) is 18.2. The van der Waals surface area contributed by atoms with Gasteiger partial charge in [-0.25, -0.2) is 9.59 Å². The molecule has 1 N–H and O–H groups in total. The fourth-order valence-corrected chi connectivity index (χ4v) is 8.20. The number of hydrogen-bond donors (Lipinski definition) is 1. The first kappa shape index (κ1) is 36.9. The molecule has 2 aromatic carbocycles. The molecule has 4 aromatic rings. The number of esters is 2. The number of hydrogen-bond acceptors (Lipinski definition) is 10. The number of nitrogens with zero attached hydrogens (tertiary/aromatic N) is 2. The highest BCUT2D eigenvalue weighted by atomic mass is 35.5. The third kappa shape index (κ3) is 8.11. The number of carbonyl (C=O) groups is 2. The van der Waals surface area contributed by atoms with Crippen LogP contribution in [0.15, 0.2) is 73.1 Å². The molecule has 14 heteroatoms. The minimum absolute atomic E-state index is 0.0747. The highest BCUT2D eigenvalue weighted by Gasteiger charge is 2.46. The largest absolute Gasteiger partial charge is 0.633 e. The molecule has 2 aromatic heterocycles. The molecule has 0 spiro atoms. The van der Waals surface area contributed by atoms with Gasteiger partial charge in [0, 0.05) is 42.2 Å². The summed E-state index contributed by atoms with van der Waals surface area (Å²) in [5.74, 6) is 0.0826. The second-order valence-corrected chi connectivity index (χ2v) is 15.1. The monoisotopic (exact) mass is 755 g/mol. The van der Waals surface area contributed by atoms with E-state index in [2.05, 4.69) is 5.32 Å². The normalized spacial score (nSPS) is 21.4. The second kappa shape index (κ2) is 15.4. The molecular formula is C37H39Cl2N3O8S. The van der Waals surface area contributed by atoms with Gasteiger partial charge in [-0.15, -0.1) is 11.3 Å². The van der Waals surface area contributed by atoms with Crippen molar-refractivity contribution in [3.8, 4) is 11.5 Å². The molecule has 3 saturated heterocycles. The Labute approximate surface area is 310 Å². The topological polar surface area (TPSA) is 133 Å². The Morgan fingerprint density at radius 1 is 1.02 bits per heavy atom. The number of carbonyl (C=O) groups excluding carboxylic acids is 2. The first-order valence-electron chi connectivity index (χ1n) is 16.6. The van der Waals surface area contributed by atoms with Gasteiger partial charge in [0.15, 0.2) is 30.0 Å². The van der Waals surface area contributed by atoms with Crippen LogP contribution in [0.1, 0.15) is 57.1 Å². The Morgan fingerprint density at radius 2 is 1.71 bits per heavy atom. The highest BCUT2D eigenvalue weighted by Crippen LogP contribution is 2.38. The lowest BCUT2D eigenvalue weighted by Crippen LogP contribution is -2.62. The number of hydroxylamine groups is 3. The highest BCUT2D eigenvalue weighted by molar-refractivity contribution is 7.13. The number of pyridine rings is 1. The molecule has 3 aliphatic heterocycles. The zero-order valence-corrected chi connectivity index (χ0v) is 30.8. The van der Waals surface area contributed by atoms with E-state index >= 15 is 0 Å². The molecule has 0 amide bonds. The van der Waals surface area contributed by atoms with Crippen LogP contribution in [0, 0.1) is 16.3 Å².